The molecule has 0 rings (SSSR count). The quantitative estimate of drug-likeness (QED) is 0.0359. The van der Waals surface area contributed by atoms with E-state index in [1.807, 2.05) is 6.08 Å². The predicted octanol–water partition coefficient (Wildman–Crippen LogP) is 10.3. The molecule has 0 saturated carbocycles. The van der Waals surface area contributed by atoms with Crippen molar-refractivity contribution in [1.29, 1.82) is 0 Å². The Kier molecular flexibility index (Phi) is 33.1. The zero-order chi connectivity index (χ0) is 34.6. The fourth-order valence-corrected chi connectivity index (χ4v) is 5.56. The maximum atomic E-state index is 12.6. The van der Waals surface area contributed by atoms with Crippen molar-refractivity contribution in [3.63, 3.8) is 0 Å². The summed E-state index contributed by atoms with van der Waals surface area (Å²) in [5.74, 6) is -1.36. The number of nitrogens with one attached hydrogen (secondary N) is 1. The SMILES string of the molecule is CC/C=C\C/C=C\C/C=C\C(CCCCCCC(=O)NC(CCCN)C(=O)O)OC(=O)CCCCCCCCCCCCCCCC. The van der Waals surface area contributed by atoms with Crippen molar-refractivity contribution < 1.29 is 24.2 Å². The lowest BCUT2D eigenvalue weighted by atomic mass is 10.0. The third kappa shape index (κ3) is 31.9. The summed E-state index contributed by atoms with van der Waals surface area (Å²) in [7, 11) is 0. The molecule has 0 aromatic heterocycles. The average molecular weight is 661 g/mol. The van der Waals surface area contributed by atoms with Crippen LogP contribution in [0.1, 0.15) is 181 Å². The van der Waals surface area contributed by atoms with Gasteiger partial charge in [0.05, 0.1) is 0 Å². The van der Waals surface area contributed by atoms with Crippen LogP contribution in [-0.4, -0.2) is 41.6 Å². The molecule has 0 aliphatic heterocycles. The van der Waals surface area contributed by atoms with Gasteiger partial charge in [0, 0.05) is 12.8 Å². The van der Waals surface area contributed by atoms with Crippen LogP contribution in [0.5, 0.6) is 0 Å². The van der Waals surface area contributed by atoms with Gasteiger partial charge in [-0.05, 0) is 70.4 Å². The second-order valence-corrected chi connectivity index (χ2v) is 13.0. The molecule has 0 bridgehead atoms. The topological polar surface area (TPSA) is 119 Å². The van der Waals surface area contributed by atoms with Gasteiger partial charge in [-0.2, -0.15) is 0 Å². The number of carbonyl (C=O) groups is 3. The van der Waals surface area contributed by atoms with E-state index >= 15 is 0 Å². The molecule has 7 heteroatoms. The largest absolute Gasteiger partial charge is 0.480 e. The minimum absolute atomic E-state index is 0.113. The fraction of sp³-hybridized carbons (Fsp3) is 0.775. The standard InChI is InChI=1S/C40H72N2O5/c1-3-5-7-9-11-13-14-15-16-17-18-20-22-28-34-39(44)47-36(30-25-21-19-12-10-8-6-4-2)31-26-23-24-27-33-38(43)42-37(40(45)46)32-29-35-41/h6,8,12,19,25,30,36-37H,3-5,7,9-11,13-18,20-24,26-29,31-35,41H2,1-2H3,(H,42,43)(H,45,46)/b8-6-,19-12-,30-25-. The highest BCUT2D eigenvalue weighted by atomic mass is 16.5. The van der Waals surface area contributed by atoms with Crippen LogP contribution < -0.4 is 11.1 Å². The Morgan fingerprint density at radius 3 is 1.70 bits per heavy atom. The van der Waals surface area contributed by atoms with E-state index in [-0.39, 0.29) is 18.0 Å². The molecule has 0 saturated heterocycles. The summed E-state index contributed by atoms with van der Waals surface area (Å²) in [5, 5.41) is 11.9. The first-order chi connectivity index (χ1) is 22.9. The molecular weight excluding hydrogens is 588 g/mol. The van der Waals surface area contributed by atoms with E-state index in [4.69, 9.17) is 10.5 Å². The van der Waals surface area contributed by atoms with Gasteiger partial charge in [-0.15, -0.1) is 0 Å². The second-order valence-electron chi connectivity index (χ2n) is 13.0. The molecular formula is C40H72N2O5. The Hall–Kier alpha value is -2.41. The molecule has 47 heavy (non-hydrogen) atoms. The van der Waals surface area contributed by atoms with Crippen LogP contribution in [0.2, 0.25) is 0 Å². The van der Waals surface area contributed by atoms with Gasteiger partial charge in [0.15, 0.2) is 0 Å². The number of carboxylic acid groups (broad SMARTS) is 1. The summed E-state index contributed by atoms with van der Waals surface area (Å²) in [5.41, 5.74) is 5.47. The maximum Gasteiger partial charge on any atom is 0.326 e. The van der Waals surface area contributed by atoms with Gasteiger partial charge in [-0.25, -0.2) is 4.79 Å². The van der Waals surface area contributed by atoms with Gasteiger partial charge in [0.1, 0.15) is 12.1 Å². The van der Waals surface area contributed by atoms with Gasteiger partial charge in [-0.1, -0.05) is 141 Å². The summed E-state index contributed by atoms with van der Waals surface area (Å²) in [6.45, 7) is 4.80. The molecule has 0 heterocycles. The number of allylic oxidation sites excluding steroid dienone is 5. The van der Waals surface area contributed by atoms with E-state index in [0.717, 1.165) is 57.8 Å². The molecule has 272 valence electrons. The zero-order valence-corrected chi connectivity index (χ0v) is 30.4. The number of carbonyl (C=O) groups excluding carboxylic acids is 2. The number of ether oxygens (including phenoxy) is 1. The molecule has 1 amide bonds. The van der Waals surface area contributed by atoms with Crippen LogP contribution in [0.15, 0.2) is 36.5 Å². The smallest absolute Gasteiger partial charge is 0.326 e. The number of aliphatic carboxylic acids is 1. The van der Waals surface area contributed by atoms with Gasteiger partial charge in [-0.3, -0.25) is 9.59 Å². The molecule has 0 fully saturated rings. The lowest BCUT2D eigenvalue weighted by molar-refractivity contribution is -0.147. The Balaban J connectivity index is 4.33. The number of esters is 1. The van der Waals surface area contributed by atoms with Crippen molar-refractivity contribution in [2.75, 3.05) is 6.54 Å². The third-order valence-corrected chi connectivity index (χ3v) is 8.45. The third-order valence-electron chi connectivity index (χ3n) is 8.45. The molecule has 0 spiro atoms. The van der Waals surface area contributed by atoms with E-state index < -0.39 is 12.0 Å². The van der Waals surface area contributed by atoms with E-state index in [0.29, 0.717) is 38.6 Å². The first kappa shape index (κ1) is 44.6. The van der Waals surface area contributed by atoms with E-state index in [1.54, 1.807) is 0 Å². The summed E-state index contributed by atoms with van der Waals surface area (Å²) in [6.07, 6.45) is 39.2. The van der Waals surface area contributed by atoms with Gasteiger partial charge in [0.25, 0.3) is 0 Å². The maximum absolute atomic E-state index is 12.6. The predicted molar refractivity (Wildman–Crippen MR) is 197 cm³/mol. The Morgan fingerprint density at radius 2 is 1.15 bits per heavy atom. The number of hydrogen-bond acceptors (Lipinski definition) is 5. The highest BCUT2D eigenvalue weighted by molar-refractivity contribution is 5.83. The normalized spacial score (nSPS) is 13.1. The number of amides is 1. The van der Waals surface area contributed by atoms with Crippen molar-refractivity contribution in [2.24, 2.45) is 5.73 Å². The molecule has 0 aromatic rings. The summed E-state index contributed by atoms with van der Waals surface area (Å²) in [4.78, 5) is 36.2. The van der Waals surface area contributed by atoms with Crippen LogP contribution in [0.4, 0.5) is 0 Å². The van der Waals surface area contributed by atoms with Crippen molar-refractivity contribution in [1.82, 2.24) is 5.32 Å². The molecule has 0 aromatic carbocycles. The van der Waals surface area contributed by atoms with Crippen LogP contribution in [0, 0.1) is 0 Å². The molecule has 2 unspecified atom stereocenters. The lowest BCUT2D eigenvalue weighted by Gasteiger charge is -2.15. The Labute approximate surface area is 288 Å². The van der Waals surface area contributed by atoms with Gasteiger partial charge >= 0.3 is 11.9 Å². The van der Waals surface area contributed by atoms with Crippen LogP contribution in [-0.2, 0) is 19.1 Å². The summed E-state index contributed by atoms with van der Waals surface area (Å²) in [6, 6.07) is -0.875. The van der Waals surface area contributed by atoms with Crippen LogP contribution in [0.3, 0.4) is 0 Å². The van der Waals surface area contributed by atoms with E-state index in [9.17, 15) is 19.5 Å². The second kappa shape index (κ2) is 34.9. The van der Waals surface area contributed by atoms with Crippen molar-refractivity contribution in [3.8, 4) is 0 Å². The molecule has 0 aliphatic rings. The molecule has 0 radical (unpaired) electrons. The number of hydrogen-bond donors (Lipinski definition) is 3. The minimum Gasteiger partial charge on any atom is -0.480 e. The lowest BCUT2D eigenvalue weighted by Crippen LogP contribution is -2.40. The highest BCUT2D eigenvalue weighted by Crippen LogP contribution is 2.16. The van der Waals surface area contributed by atoms with Crippen molar-refractivity contribution in [3.05, 3.63) is 36.5 Å². The Morgan fingerprint density at radius 1 is 0.638 bits per heavy atom. The Bertz CT molecular complexity index is 838. The minimum atomic E-state index is -1.02. The molecule has 2 atom stereocenters. The summed E-state index contributed by atoms with van der Waals surface area (Å²) >= 11 is 0. The highest BCUT2D eigenvalue weighted by Gasteiger charge is 2.19. The molecule has 0 aliphatic carbocycles. The molecule has 4 N–H and O–H groups in total. The summed E-state index contributed by atoms with van der Waals surface area (Å²) < 4.78 is 5.88. The monoisotopic (exact) mass is 661 g/mol. The van der Waals surface area contributed by atoms with Crippen molar-refractivity contribution >= 4 is 17.8 Å². The first-order valence-corrected chi connectivity index (χ1v) is 19.3. The van der Waals surface area contributed by atoms with Crippen LogP contribution in [0.25, 0.3) is 0 Å². The van der Waals surface area contributed by atoms with Crippen molar-refractivity contribution in [2.45, 2.75) is 193 Å². The average Bonchev–Trinajstić information content (AvgIpc) is 3.05. The zero-order valence-electron chi connectivity index (χ0n) is 30.4. The molecule has 7 nitrogen and oxygen atoms in total. The number of nitrogens with two attached hydrogens (primary N) is 1. The number of carboxylic acids is 1. The number of rotatable bonds is 34. The first-order valence-electron chi connectivity index (χ1n) is 19.3. The fourth-order valence-electron chi connectivity index (χ4n) is 5.56. The van der Waals surface area contributed by atoms with E-state index in [1.165, 1.54) is 77.0 Å². The number of unbranched alkanes of at least 4 members (excludes halogenated alkanes) is 16. The van der Waals surface area contributed by atoms with Crippen LogP contribution >= 0.6 is 0 Å². The van der Waals surface area contributed by atoms with Gasteiger partial charge < -0.3 is 20.9 Å². The van der Waals surface area contributed by atoms with E-state index in [2.05, 4.69) is 49.5 Å². The van der Waals surface area contributed by atoms with Gasteiger partial charge in [0.2, 0.25) is 5.91 Å².